The Morgan fingerprint density at radius 2 is 2.00 bits per heavy atom. The van der Waals surface area contributed by atoms with Gasteiger partial charge in [0.15, 0.2) is 0 Å². The predicted octanol–water partition coefficient (Wildman–Crippen LogP) is 3.32. The molecule has 2 aliphatic carbocycles. The van der Waals surface area contributed by atoms with Crippen LogP contribution in [0, 0.1) is 5.82 Å². The van der Waals surface area contributed by atoms with Crippen LogP contribution in [-0.4, -0.2) is 17.3 Å². The van der Waals surface area contributed by atoms with Gasteiger partial charge in [-0.15, -0.1) is 0 Å². The second-order valence-corrected chi connectivity index (χ2v) is 6.71. The fraction of sp³-hybridized carbons (Fsp3) is 0.625. The Balaban J connectivity index is 2.22. The number of nitrogens with two attached hydrogens (primary N) is 1. The standard InChI is InChI=1S/C16H21ClFNO/c17-11-9-13-12(14(18)10-11)3-6-16(20)5-2-1-4-15(13,16)7-8-19/h9-10,20H,1-8,19H2/t15-,16+/m1/s1. The molecule has 1 fully saturated rings. The Kier molecular flexibility index (Phi) is 3.56. The summed E-state index contributed by atoms with van der Waals surface area (Å²) in [7, 11) is 0. The number of fused-ring (bicyclic) bond motifs is 3. The molecule has 0 spiro atoms. The molecule has 0 radical (unpaired) electrons. The number of halogens is 2. The first-order valence-corrected chi connectivity index (χ1v) is 7.81. The lowest BCUT2D eigenvalue weighted by Crippen LogP contribution is -2.57. The SMILES string of the molecule is NCC[C@@]12CCCC[C@]1(O)CCc1c(F)cc(Cl)cc12. The number of benzene rings is 1. The first kappa shape index (κ1) is 14.3. The lowest BCUT2D eigenvalue weighted by Gasteiger charge is -2.54. The van der Waals surface area contributed by atoms with Crippen LogP contribution in [0.5, 0.6) is 0 Å². The smallest absolute Gasteiger partial charge is 0.128 e. The zero-order chi connectivity index (χ0) is 14.4. The van der Waals surface area contributed by atoms with Crippen LogP contribution in [0.25, 0.3) is 0 Å². The van der Waals surface area contributed by atoms with Gasteiger partial charge in [0.2, 0.25) is 0 Å². The van der Waals surface area contributed by atoms with E-state index in [1.807, 2.05) is 6.07 Å². The maximum atomic E-state index is 14.2. The molecule has 2 atom stereocenters. The third-order valence-electron chi connectivity index (χ3n) is 5.37. The van der Waals surface area contributed by atoms with Gasteiger partial charge in [-0.2, -0.15) is 0 Å². The molecule has 1 aromatic carbocycles. The van der Waals surface area contributed by atoms with E-state index in [1.165, 1.54) is 6.07 Å². The van der Waals surface area contributed by atoms with Gasteiger partial charge in [-0.1, -0.05) is 24.4 Å². The van der Waals surface area contributed by atoms with E-state index in [4.69, 9.17) is 17.3 Å². The summed E-state index contributed by atoms with van der Waals surface area (Å²) in [5, 5.41) is 11.6. The van der Waals surface area contributed by atoms with E-state index in [0.717, 1.165) is 36.8 Å². The summed E-state index contributed by atoms with van der Waals surface area (Å²) in [5.74, 6) is -0.239. The molecule has 0 amide bonds. The molecule has 0 saturated heterocycles. The van der Waals surface area contributed by atoms with Gasteiger partial charge < -0.3 is 10.8 Å². The number of aliphatic hydroxyl groups is 1. The summed E-state index contributed by atoms with van der Waals surface area (Å²) in [6.07, 6.45) is 5.63. The van der Waals surface area contributed by atoms with Gasteiger partial charge in [-0.05, 0) is 61.9 Å². The molecule has 0 aliphatic heterocycles. The zero-order valence-electron chi connectivity index (χ0n) is 11.6. The molecule has 20 heavy (non-hydrogen) atoms. The molecule has 0 heterocycles. The van der Waals surface area contributed by atoms with E-state index in [1.54, 1.807) is 0 Å². The number of hydrogen-bond donors (Lipinski definition) is 2. The van der Waals surface area contributed by atoms with Crippen LogP contribution in [0.3, 0.4) is 0 Å². The van der Waals surface area contributed by atoms with Crippen molar-refractivity contribution in [1.29, 1.82) is 0 Å². The third-order valence-corrected chi connectivity index (χ3v) is 5.59. The monoisotopic (exact) mass is 297 g/mol. The van der Waals surface area contributed by atoms with Gasteiger partial charge in [0.25, 0.3) is 0 Å². The van der Waals surface area contributed by atoms with Gasteiger partial charge in [0.05, 0.1) is 5.60 Å². The first-order valence-electron chi connectivity index (χ1n) is 7.43. The summed E-state index contributed by atoms with van der Waals surface area (Å²) < 4.78 is 14.2. The molecular formula is C16H21ClFNO. The molecule has 3 N–H and O–H groups in total. The van der Waals surface area contributed by atoms with Crippen LogP contribution in [0.1, 0.15) is 49.7 Å². The molecular weight excluding hydrogens is 277 g/mol. The van der Waals surface area contributed by atoms with Crippen LogP contribution < -0.4 is 5.73 Å². The summed E-state index contributed by atoms with van der Waals surface area (Å²) in [4.78, 5) is 0. The van der Waals surface area contributed by atoms with Crippen molar-refractivity contribution in [1.82, 2.24) is 0 Å². The summed E-state index contributed by atoms with van der Waals surface area (Å²) in [6.45, 7) is 0.496. The minimum absolute atomic E-state index is 0.239. The average molecular weight is 298 g/mol. The Morgan fingerprint density at radius 1 is 1.25 bits per heavy atom. The van der Waals surface area contributed by atoms with Crippen molar-refractivity contribution in [3.63, 3.8) is 0 Å². The van der Waals surface area contributed by atoms with Crippen molar-refractivity contribution in [2.45, 2.75) is 56.0 Å². The maximum Gasteiger partial charge on any atom is 0.128 e. The van der Waals surface area contributed by atoms with Crippen LogP contribution in [0.2, 0.25) is 5.02 Å². The van der Waals surface area contributed by atoms with Crippen LogP contribution >= 0.6 is 11.6 Å². The third kappa shape index (κ3) is 1.91. The van der Waals surface area contributed by atoms with Gasteiger partial charge in [-0.25, -0.2) is 4.39 Å². The summed E-state index contributed by atoms with van der Waals surface area (Å²) >= 11 is 6.07. The Labute approximate surface area is 124 Å². The van der Waals surface area contributed by atoms with Crippen molar-refractivity contribution < 1.29 is 9.50 Å². The van der Waals surface area contributed by atoms with Crippen LogP contribution in [0.15, 0.2) is 12.1 Å². The Hall–Kier alpha value is -0.640. The minimum Gasteiger partial charge on any atom is -0.389 e. The van der Waals surface area contributed by atoms with Crippen LogP contribution in [0.4, 0.5) is 4.39 Å². The second kappa shape index (κ2) is 4.97. The van der Waals surface area contributed by atoms with E-state index in [2.05, 4.69) is 0 Å². The molecule has 0 aromatic heterocycles. The highest BCUT2D eigenvalue weighted by atomic mass is 35.5. The Bertz CT molecular complexity index is 531. The molecule has 110 valence electrons. The van der Waals surface area contributed by atoms with Crippen molar-refractivity contribution in [3.05, 3.63) is 34.1 Å². The molecule has 1 saturated carbocycles. The number of rotatable bonds is 2. The molecule has 4 heteroatoms. The van der Waals surface area contributed by atoms with Crippen LogP contribution in [-0.2, 0) is 11.8 Å². The average Bonchev–Trinajstić information content (AvgIpc) is 2.39. The molecule has 1 aromatic rings. The topological polar surface area (TPSA) is 46.2 Å². The lowest BCUT2D eigenvalue weighted by molar-refractivity contribution is -0.0865. The predicted molar refractivity (Wildman–Crippen MR) is 78.5 cm³/mol. The molecule has 2 nitrogen and oxygen atoms in total. The normalized spacial score (nSPS) is 32.6. The van der Waals surface area contributed by atoms with E-state index in [-0.39, 0.29) is 5.82 Å². The highest BCUT2D eigenvalue weighted by Gasteiger charge is 2.55. The minimum atomic E-state index is -0.755. The quantitative estimate of drug-likeness (QED) is 0.879. The first-order chi connectivity index (χ1) is 9.52. The Morgan fingerprint density at radius 3 is 2.75 bits per heavy atom. The fourth-order valence-electron chi connectivity index (χ4n) is 4.42. The van der Waals surface area contributed by atoms with Gasteiger partial charge in [-0.3, -0.25) is 0 Å². The van der Waals surface area contributed by atoms with Gasteiger partial charge >= 0.3 is 0 Å². The molecule has 3 rings (SSSR count). The maximum absolute atomic E-state index is 14.2. The van der Waals surface area contributed by atoms with Gasteiger partial charge in [0.1, 0.15) is 5.82 Å². The fourth-order valence-corrected chi connectivity index (χ4v) is 4.63. The highest BCUT2D eigenvalue weighted by molar-refractivity contribution is 6.30. The van der Waals surface area contributed by atoms with Crippen molar-refractivity contribution >= 4 is 11.6 Å². The number of hydrogen-bond acceptors (Lipinski definition) is 2. The van der Waals surface area contributed by atoms with Crippen molar-refractivity contribution in [2.75, 3.05) is 6.54 Å². The lowest BCUT2D eigenvalue weighted by atomic mass is 9.53. The zero-order valence-corrected chi connectivity index (χ0v) is 12.3. The van der Waals surface area contributed by atoms with E-state index in [0.29, 0.717) is 30.8 Å². The molecule has 2 aliphatic rings. The molecule has 0 bridgehead atoms. The highest BCUT2D eigenvalue weighted by Crippen LogP contribution is 2.55. The molecule has 0 unspecified atom stereocenters. The van der Waals surface area contributed by atoms with Gasteiger partial charge in [0, 0.05) is 10.4 Å². The van der Waals surface area contributed by atoms with E-state index >= 15 is 0 Å². The summed E-state index contributed by atoms with van der Waals surface area (Å²) in [6, 6.07) is 3.23. The largest absolute Gasteiger partial charge is 0.389 e. The van der Waals surface area contributed by atoms with E-state index < -0.39 is 11.0 Å². The summed E-state index contributed by atoms with van der Waals surface area (Å²) in [5.41, 5.74) is 6.28. The van der Waals surface area contributed by atoms with Crippen molar-refractivity contribution in [2.24, 2.45) is 5.73 Å². The van der Waals surface area contributed by atoms with Crippen molar-refractivity contribution in [3.8, 4) is 0 Å². The second-order valence-electron chi connectivity index (χ2n) is 6.27. The van der Waals surface area contributed by atoms with E-state index in [9.17, 15) is 9.50 Å².